The van der Waals surface area contributed by atoms with Gasteiger partial charge in [0.2, 0.25) is 0 Å². The van der Waals surface area contributed by atoms with Crippen molar-refractivity contribution in [2.24, 2.45) is 0 Å². The van der Waals surface area contributed by atoms with Gasteiger partial charge in [0.15, 0.2) is 0 Å². The molecule has 0 N–H and O–H groups in total. The number of hydrogen-bond acceptors (Lipinski definition) is 3. The monoisotopic (exact) mass is 357 g/mol. The Morgan fingerprint density at radius 3 is 2.30 bits per heavy atom. The smallest absolute Gasteiger partial charge is 0.262 e. The second-order valence-electron chi connectivity index (χ2n) is 4.37. The fraction of sp³-hybridized carbons (Fsp3) is 0.417. The van der Waals surface area contributed by atoms with Crippen molar-refractivity contribution in [3.05, 3.63) is 27.7 Å². The fourth-order valence-electron chi connectivity index (χ4n) is 1.54. The van der Waals surface area contributed by atoms with Gasteiger partial charge >= 0.3 is 0 Å². The van der Waals surface area contributed by atoms with Crippen LogP contribution >= 0.6 is 33.9 Å². The maximum atomic E-state index is 12.3. The van der Waals surface area contributed by atoms with E-state index in [0.717, 1.165) is 12.5 Å². The summed E-state index contributed by atoms with van der Waals surface area (Å²) in [5, 5.41) is -0.0352. The largest absolute Gasteiger partial charge is 0.339 e. The number of nitrogens with zero attached hydrogens (tertiary/aromatic N) is 1. The summed E-state index contributed by atoms with van der Waals surface area (Å²) < 4.78 is 22.8. The van der Waals surface area contributed by atoms with Crippen molar-refractivity contribution in [1.82, 2.24) is 4.90 Å². The molecule has 8 heteroatoms. The molecule has 1 atom stereocenters. The van der Waals surface area contributed by atoms with E-state index in [4.69, 9.17) is 33.9 Å². The van der Waals surface area contributed by atoms with Crippen LogP contribution in [-0.2, 0) is 9.05 Å². The molecule has 0 aromatic heterocycles. The van der Waals surface area contributed by atoms with E-state index >= 15 is 0 Å². The first-order valence-electron chi connectivity index (χ1n) is 5.80. The van der Waals surface area contributed by atoms with Gasteiger partial charge in [0.1, 0.15) is 4.90 Å². The summed E-state index contributed by atoms with van der Waals surface area (Å²) in [6.07, 6.45) is 0.758. The normalized spacial score (nSPS) is 13.1. The molecule has 0 fully saturated rings. The van der Waals surface area contributed by atoms with Gasteiger partial charge in [0.05, 0.1) is 15.6 Å². The third-order valence-corrected chi connectivity index (χ3v) is 5.19. The lowest BCUT2D eigenvalue weighted by atomic mass is 10.1. The molecule has 0 aliphatic heterocycles. The van der Waals surface area contributed by atoms with Crippen molar-refractivity contribution in [2.45, 2.75) is 31.2 Å². The minimum Gasteiger partial charge on any atom is -0.339 e. The Morgan fingerprint density at radius 2 is 1.85 bits per heavy atom. The number of halogens is 3. The highest BCUT2D eigenvalue weighted by atomic mass is 35.7. The lowest BCUT2D eigenvalue weighted by Crippen LogP contribution is -2.34. The summed E-state index contributed by atoms with van der Waals surface area (Å²) in [5.74, 6) is -0.386. The molecule has 0 spiro atoms. The van der Waals surface area contributed by atoms with E-state index in [1.54, 1.807) is 7.05 Å². The second kappa shape index (κ2) is 6.52. The van der Waals surface area contributed by atoms with Gasteiger partial charge in [-0.1, -0.05) is 30.1 Å². The summed E-state index contributed by atoms with van der Waals surface area (Å²) in [7, 11) is 2.86. The average Bonchev–Trinajstić information content (AvgIpc) is 2.34. The zero-order chi connectivity index (χ0) is 15.7. The molecule has 0 aliphatic rings. The van der Waals surface area contributed by atoms with Crippen LogP contribution in [0.1, 0.15) is 30.6 Å². The Balaban J connectivity index is 3.36. The molecule has 0 bridgehead atoms. The van der Waals surface area contributed by atoms with Gasteiger partial charge in [-0.15, -0.1) is 0 Å². The van der Waals surface area contributed by atoms with Crippen LogP contribution in [0.25, 0.3) is 0 Å². The van der Waals surface area contributed by atoms with Gasteiger partial charge in [0.25, 0.3) is 15.0 Å². The molecule has 4 nitrogen and oxygen atoms in total. The first-order chi connectivity index (χ1) is 9.09. The van der Waals surface area contributed by atoms with Crippen molar-refractivity contribution in [1.29, 1.82) is 0 Å². The van der Waals surface area contributed by atoms with Crippen LogP contribution in [0.15, 0.2) is 17.0 Å². The van der Waals surface area contributed by atoms with E-state index in [1.807, 2.05) is 13.8 Å². The van der Waals surface area contributed by atoms with E-state index < -0.39 is 9.05 Å². The van der Waals surface area contributed by atoms with Crippen LogP contribution in [0, 0.1) is 0 Å². The molecule has 1 unspecified atom stereocenters. The quantitative estimate of drug-likeness (QED) is 0.769. The number of amides is 1. The average molecular weight is 359 g/mol. The Hall–Kier alpha value is -0.490. The van der Waals surface area contributed by atoms with Crippen molar-refractivity contribution in [3.8, 4) is 0 Å². The summed E-state index contributed by atoms with van der Waals surface area (Å²) in [5.41, 5.74) is 0.0538. The molecular weight excluding hydrogens is 345 g/mol. The molecule has 0 heterocycles. The van der Waals surface area contributed by atoms with Gasteiger partial charge in [0, 0.05) is 23.8 Å². The molecule has 1 aromatic carbocycles. The highest BCUT2D eigenvalue weighted by molar-refractivity contribution is 8.13. The number of carbonyl (C=O) groups excluding carboxylic acids is 1. The third kappa shape index (κ3) is 3.79. The molecule has 1 aromatic rings. The SMILES string of the molecule is CCC(C)N(C)C(=O)c1cc(S(=O)(=O)Cl)c(Cl)cc1Cl. The summed E-state index contributed by atoms with van der Waals surface area (Å²) in [6, 6.07) is 2.30. The molecule has 1 amide bonds. The Bertz CT molecular complexity index is 631. The molecule has 1 rings (SSSR count). The zero-order valence-corrected chi connectivity index (χ0v) is 14.2. The van der Waals surface area contributed by atoms with Crippen LogP contribution in [-0.4, -0.2) is 32.3 Å². The van der Waals surface area contributed by atoms with Crippen molar-refractivity contribution >= 4 is 48.8 Å². The summed E-state index contributed by atoms with van der Waals surface area (Å²) >= 11 is 11.8. The van der Waals surface area contributed by atoms with E-state index in [-0.39, 0.29) is 32.5 Å². The Labute approximate surface area is 133 Å². The number of hydrogen-bond donors (Lipinski definition) is 0. The first-order valence-corrected chi connectivity index (χ1v) is 8.87. The minimum atomic E-state index is -4.05. The van der Waals surface area contributed by atoms with Crippen molar-refractivity contribution < 1.29 is 13.2 Å². The van der Waals surface area contributed by atoms with E-state index in [9.17, 15) is 13.2 Å². The number of rotatable bonds is 4. The maximum absolute atomic E-state index is 12.3. The van der Waals surface area contributed by atoms with Gasteiger partial charge in [-0.3, -0.25) is 4.79 Å². The van der Waals surface area contributed by atoms with Crippen molar-refractivity contribution in [2.75, 3.05) is 7.05 Å². The zero-order valence-electron chi connectivity index (χ0n) is 11.2. The molecule has 20 heavy (non-hydrogen) atoms. The van der Waals surface area contributed by atoms with Crippen LogP contribution in [0.2, 0.25) is 10.0 Å². The van der Waals surface area contributed by atoms with E-state index in [0.29, 0.717) is 0 Å². The van der Waals surface area contributed by atoms with Gasteiger partial charge in [-0.25, -0.2) is 8.42 Å². The highest BCUT2D eigenvalue weighted by Crippen LogP contribution is 2.31. The standard InChI is InChI=1S/C12H14Cl3NO3S/c1-4-7(2)16(3)12(17)8-5-11(20(15,18)19)10(14)6-9(8)13/h5-7H,4H2,1-3H3. The third-order valence-electron chi connectivity index (χ3n) is 3.09. The first kappa shape index (κ1) is 17.6. The van der Waals surface area contributed by atoms with E-state index in [2.05, 4.69) is 0 Å². The van der Waals surface area contributed by atoms with Crippen molar-refractivity contribution in [3.63, 3.8) is 0 Å². The maximum Gasteiger partial charge on any atom is 0.262 e. The molecule has 0 radical (unpaired) electrons. The summed E-state index contributed by atoms with van der Waals surface area (Å²) in [4.78, 5) is 13.5. The van der Waals surface area contributed by atoms with Crippen LogP contribution in [0.3, 0.4) is 0 Å². The van der Waals surface area contributed by atoms with Gasteiger partial charge in [-0.2, -0.15) is 0 Å². The van der Waals surface area contributed by atoms with E-state index in [1.165, 1.54) is 11.0 Å². The fourth-order valence-corrected chi connectivity index (χ4v) is 3.36. The molecular formula is C12H14Cl3NO3S. The number of benzene rings is 1. The molecule has 0 saturated carbocycles. The summed E-state index contributed by atoms with van der Waals surface area (Å²) in [6.45, 7) is 3.81. The Kier molecular flexibility index (Phi) is 5.72. The van der Waals surface area contributed by atoms with Crippen LogP contribution in [0.4, 0.5) is 0 Å². The molecule has 0 aliphatic carbocycles. The lowest BCUT2D eigenvalue weighted by Gasteiger charge is -2.24. The minimum absolute atomic E-state index is 0.00898. The second-order valence-corrected chi connectivity index (χ2v) is 7.72. The topological polar surface area (TPSA) is 54.5 Å². The lowest BCUT2D eigenvalue weighted by molar-refractivity contribution is 0.0740. The predicted octanol–water partition coefficient (Wildman–Crippen LogP) is 3.79. The highest BCUT2D eigenvalue weighted by Gasteiger charge is 2.24. The van der Waals surface area contributed by atoms with Crippen LogP contribution in [0.5, 0.6) is 0 Å². The van der Waals surface area contributed by atoms with Gasteiger partial charge < -0.3 is 4.90 Å². The van der Waals surface area contributed by atoms with Crippen LogP contribution < -0.4 is 0 Å². The molecule has 0 saturated heterocycles. The Morgan fingerprint density at radius 1 is 1.30 bits per heavy atom. The molecule has 112 valence electrons. The van der Waals surface area contributed by atoms with Gasteiger partial charge in [-0.05, 0) is 25.5 Å². The number of carbonyl (C=O) groups is 1. The predicted molar refractivity (Wildman–Crippen MR) is 81.3 cm³/mol.